The number of carbonyl (C=O) groups excluding carboxylic acids is 2. The molecule has 0 radical (unpaired) electrons. The van der Waals surface area contributed by atoms with E-state index in [1.54, 1.807) is 41.3 Å². The van der Waals surface area contributed by atoms with E-state index in [1.165, 1.54) is 12.1 Å². The molecule has 1 heterocycles. The van der Waals surface area contributed by atoms with Gasteiger partial charge in [0, 0.05) is 28.4 Å². The van der Waals surface area contributed by atoms with E-state index >= 15 is 0 Å². The molecule has 0 saturated heterocycles. The van der Waals surface area contributed by atoms with Crippen molar-refractivity contribution < 1.29 is 14.7 Å². The molecule has 1 aliphatic rings. The first kappa shape index (κ1) is 21.1. The molecule has 0 aromatic heterocycles. The Labute approximate surface area is 186 Å². The highest BCUT2D eigenvalue weighted by atomic mass is 35.5. The minimum Gasteiger partial charge on any atom is -0.372 e. The first-order valence-electron chi connectivity index (χ1n) is 10.2. The Morgan fingerprint density at radius 1 is 0.968 bits per heavy atom. The summed E-state index contributed by atoms with van der Waals surface area (Å²) in [6.45, 7) is 0.616. The number of para-hydroxylation sites is 1. The second kappa shape index (κ2) is 8.53. The summed E-state index contributed by atoms with van der Waals surface area (Å²) in [7, 11) is 0. The van der Waals surface area contributed by atoms with Gasteiger partial charge in [-0.05, 0) is 48.6 Å². The summed E-state index contributed by atoms with van der Waals surface area (Å²) >= 11 is 6.48. The molecular weight excluding hydrogens is 412 g/mol. The molecule has 31 heavy (non-hydrogen) atoms. The third kappa shape index (κ3) is 3.82. The van der Waals surface area contributed by atoms with Gasteiger partial charge in [0.2, 0.25) is 0 Å². The van der Waals surface area contributed by atoms with Crippen LogP contribution in [0.5, 0.6) is 0 Å². The van der Waals surface area contributed by atoms with E-state index in [-0.39, 0.29) is 16.5 Å². The average Bonchev–Trinajstić information content (AvgIpc) is 3.01. The highest BCUT2D eigenvalue weighted by Crippen LogP contribution is 2.35. The van der Waals surface area contributed by atoms with Gasteiger partial charge in [-0.2, -0.15) is 0 Å². The van der Waals surface area contributed by atoms with Crippen molar-refractivity contribution in [2.24, 2.45) is 5.73 Å². The Kier molecular flexibility index (Phi) is 5.81. The van der Waals surface area contributed by atoms with E-state index in [0.29, 0.717) is 17.7 Å². The quantitative estimate of drug-likeness (QED) is 0.649. The fourth-order valence-corrected chi connectivity index (χ4v) is 4.43. The minimum absolute atomic E-state index is 0.0964. The van der Waals surface area contributed by atoms with Gasteiger partial charge in [0.1, 0.15) is 0 Å². The van der Waals surface area contributed by atoms with E-state index in [9.17, 15) is 14.7 Å². The van der Waals surface area contributed by atoms with E-state index in [1.807, 2.05) is 24.3 Å². The number of nitrogens with zero attached hydrogens (tertiary/aromatic N) is 1. The van der Waals surface area contributed by atoms with Crippen LogP contribution in [-0.2, 0) is 16.8 Å². The number of aryl methyl sites for hydroxylation is 1. The molecule has 3 N–H and O–H groups in total. The Morgan fingerprint density at radius 3 is 2.39 bits per heavy atom. The van der Waals surface area contributed by atoms with Crippen LogP contribution in [0.1, 0.15) is 39.9 Å². The first-order chi connectivity index (χ1) is 14.9. The molecule has 0 aliphatic carbocycles. The lowest BCUT2D eigenvalue weighted by atomic mass is 9.85. The summed E-state index contributed by atoms with van der Waals surface area (Å²) in [6, 6.07) is 20.8. The van der Waals surface area contributed by atoms with Gasteiger partial charge >= 0.3 is 0 Å². The smallest absolute Gasteiger partial charge is 0.258 e. The van der Waals surface area contributed by atoms with Crippen LogP contribution >= 0.6 is 11.6 Å². The van der Waals surface area contributed by atoms with Gasteiger partial charge in [-0.25, -0.2) is 0 Å². The Hall–Kier alpha value is -3.15. The zero-order chi connectivity index (χ0) is 22.0. The topological polar surface area (TPSA) is 83.6 Å². The summed E-state index contributed by atoms with van der Waals surface area (Å²) in [5.41, 5.74) is 6.34. The number of primary amides is 1. The number of anilines is 1. The number of amides is 2. The first-order valence-corrected chi connectivity index (χ1v) is 10.6. The second-order valence-corrected chi connectivity index (χ2v) is 8.09. The third-order valence-electron chi connectivity index (χ3n) is 5.76. The SMILES string of the molecule is NC(=O)C(O)(c1ccccc1)c1ccc(C(=O)N2CCCCc3ccccc32)cc1Cl. The van der Waals surface area contributed by atoms with Gasteiger partial charge in [0.25, 0.3) is 11.8 Å². The van der Waals surface area contributed by atoms with Crippen LogP contribution < -0.4 is 10.6 Å². The number of hydrogen-bond donors (Lipinski definition) is 2. The van der Waals surface area contributed by atoms with Crippen molar-refractivity contribution in [3.05, 3.63) is 100 Å². The Balaban J connectivity index is 1.73. The zero-order valence-electron chi connectivity index (χ0n) is 16.9. The number of fused-ring (bicyclic) bond motifs is 1. The lowest BCUT2D eigenvalue weighted by Gasteiger charge is -2.27. The van der Waals surface area contributed by atoms with Gasteiger partial charge in [-0.1, -0.05) is 66.2 Å². The molecule has 5 nitrogen and oxygen atoms in total. The Morgan fingerprint density at radius 2 is 1.68 bits per heavy atom. The van der Waals surface area contributed by atoms with Gasteiger partial charge in [0.05, 0.1) is 0 Å². The number of rotatable bonds is 4. The van der Waals surface area contributed by atoms with Crippen LogP contribution in [0.15, 0.2) is 72.8 Å². The van der Waals surface area contributed by atoms with Gasteiger partial charge < -0.3 is 15.7 Å². The fraction of sp³-hybridized carbons (Fsp3) is 0.200. The molecule has 0 spiro atoms. The van der Waals surface area contributed by atoms with Gasteiger partial charge in [-0.15, -0.1) is 0 Å². The summed E-state index contributed by atoms with van der Waals surface area (Å²) in [6.07, 6.45) is 2.85. The van der Waals surface area contributed by atoms with E-state index in [0.717, 1.165) is 30.5 Å². The summed E-state index contributed by atoms with van der Waals surface area (Å²) in [5.74, 6) is -1.12. The van der Waals surface area contributed by atoms with Crippen molar-refractivity contribution in [2.45, 2.75) is 24.9 Å². The molecule has 1 atom stereocenters. The van der Waals surface area contributed by atoms with Crippen LogP contribution in [0, 0.1) is 0 Å². The summed E-state index contributed by atoms with van der Waals surface area (Å²) < 4.78 is 0. The van der Waals surface area contributed by atoms with Crippen LogP contribution in [0.4, 0.5) is 5.69 Å². The number of hydrogen-bond acceptors (Lipinski definition) is 3. The monoisotopic (exact) mass is 434 g/mol. The molecule has 6 heteroatoms. The van der Waals surface area contributed by atoms with Crippen molar-refractivity contribution in [1.29, 1.82) is 0 Å². The predicted octanol–water partition coefficient (Wildman–Crippen LogP) is 4.04. The maximum atomic E-state index is 13.3. The molecule has 3 aromatic rings. The highest BCUT2D eigenvalue weighted by Gasteiger charge is 2.40. The Bertz CT molecular complexity index is 1130. The largest absolute Gasteiger partial charge is 0.372 e. The number of carbonyl (C=O) groups is 2. The van der Waals surface area contributed by atoms with E-state index in [4.69, 9.17) is 17.3 Å². The van der Waals surface area contributed by atoms with Crippen LogP contribution in [0.3, 0.4) is 0 Å². The van der Waals surface area contributed by atoms with Crippen molar-refractivity contribution in [1.82, 2.24) is 0 Å². The van der Waals surface area contributed by atoms with Crippen LogP contribution in [-0.4, -0.2) is 23.5 Å². The summed E-state index contributed by atoms with van der Waals surface area (Å²) in [4.78, 5) is 27.4. The second-order valence-electron chi connectivity index (χ2n) is 7.68. The molecule has 158 valence electrons. The van der Waals surface area contributed by atoms with Crippen LogP contribution in [0.2, 0.25) is 5.02 Å². The zero-order valence-corrected chi connectivity index (χ0v) is 17.7. The maximum absolute atomic E-state index is 13.3. The number of aliphatic hydroxyl groups is 1. The lowest BCUT2D eigenvalue weighted by Crippen LogP contribution is -2.42. The molecule has 1 aliphatic heterocycles. The molecule has 3 aromatic carbocycles. The number of benzene rings is 3. The fourth-order valence-electron chi connectivity index (χ4n) is 4.11. The molecule has 4 rings (SSSR count). The minimum atomic E-state index is -2.10. The van der Waals surface area contributed by atoms with Crippen molar-refractivity contribution in [3.63, 3.8) is 0 Å². The standard InChI is InChI=1S/C25H23ClN2O3/c26-21-16-18(23(29)28-15-7-6-9-17-8-4-5-12-22(17)28)13-14-20(21)25(31,24(27)30)19-10-2-1-3-11-19/h1-5,8,10-14,16,31H,6-7,9,15H2,(H2,27,30). The molecule has 2 amide bonds. The lowest BCUT2D eigenvalue weighted by molar-refractivity contribution is -0.133. The molecule has 0 saturated carbocycles. The van der Waals surface area contributed by atoms with E-state index in [2.05, 4.69) is 0 Å². The maximum Gasteiger partial charge on any atom is 0.258 e. The normalized spacial score (nSPS) is 15.5. The van der Waals surface area contributed by atoms with E-state index < -0.39 is 11.5 Å². The average molecular weight is 435 g/mol. The van der Waals surface area contributed by atoms with Gasteiger partial charge in [-0.3, -0.25) is 9.59 Å². The van der Waals surface area contributed by atoms with Crippen molar-refractivity contribution in [2.75, 3.05) is 11.4 Å². The molecule has 1 unspecified atom stereocenters. The summed E-state index contributed by atoms with van der Waals surface area (Å²) in [5, 5.41) is 11.3. The third-order valence-corrected chi connectivity index (χ3v) is 6.07. The molecule has 0 bridgehead atoms. The van der Waals surface area contributed by atoms with Gasteiger partial charge in [0.15, 0.2) is 5.60 Å². The predicted molar refractivity (Wildman–Crippen MR) is 121 cm³/mol. The highest BCUT2D eigenvalue weighted by molar-refractivity contribution is 6.32. The van der Waals surface area contributed by atoms with Crippen LogP contribution in [0.25, 0.3) is 0 Å². The van der Waals surface area contributed by atoms with Crippen molar-refractivity contribution in [3.8, 4) is 0 Å². The van der Waals surface area contributed by atoms with Crippen molar-refractivity contribution >= 4 is 29.1 Å². The molecule has 0 fully saturated rings. The number of nitrogens with two attached hydrogens (primary N) is 1. The number of halogens is 1. The molecular formula is C25H23ClN2O3.